The molecule has 1 aromatic heterocycles. The van der Waals surface area contributed by atoms with Gasteiger partial charge in [-0.25, -0.2) is 4.79 Å². The van der Waals surface area contributed by atoms with Crippen molar-refractivity contribution in [3.63, 3.8) is 0 Å². The number of ether oxygens (including phenoxy) is 2. The van der Waals surface area contributed by atoms with Gasteiger partial charge in [-0.15, -0.1) is 0 Å². The lowest BCUT2D eigenvalue weighted by Gasteiger charge is -2.08. The van der Waals surface area contributed by atoms with Crippen LogP contribution in [-0.4, -0.2) is 35.7 Å². The van der Waals surface area contributed by atoms with Crippen LogP contribution in [-0.2, 0) is 18.4 Å². The number of carbonyl (C=O) groups is 1. The average molecular weight is 442 g/mol. The molecule has 0 radical (unpaired) electrons. The third kappa shape index (κ3) is 5.55. The third-order valence-electron chi connectivity index (χ3n) is 4.48. The molecule has 0 aliphatic heterocycles. The molecule has 0 fully saturated rings. The minimum atomic E-state index is -0.604. The second kappa shape index (κ2) is 9.99. The summed E-state index contributed by atoms with van der Waals surface area (Å²) in [5.74, 6) is 1.06. The van der Waals surface area contributed by atoms with Crippen LogP contribution in [0.25, 0.3) is 11.3 Å². The number of nitrogens with zero attached hydrogens (tertiary/aromatic N) is 3. The topological polar surface area (TPSA) is 104 Å². The Labute approximate surface area is 185 Å². The van der Waals surface area contributed by atoms with Gasteiger partial charge in [-0.2, -0.15) is 5.10 Å². The predicted octanol–water partition coefficient (Wildman–Crippen LogP) is 4.52. The van der Waals surface area contributed by atoms with Gasteiger partial charge in [0.05, 0.1) is 12.8 Å². The van der Waals surface area contributed by atoms with Crippen molar-refractivity contribution < 1.29 is 14.3 Å². The molecule has 0 aliphatic carbocycles. The lowest BCUT2D eigenvalue weighted by atomic mass is 10.1. The number of benzene rings is 2. The Hall–Kier alpha value is -3.52. The molecule has 0 spiro atoms. The number of aryl methyl sites for hydroxylation is 1. The molecule has 2 aromatic carbocycles. The van der Waals surface area contributed by atoms with Crippen molar-refractivity contribution in [2.45, 2.75) is 13.5 Å². The molecule has 3 N–H and O–H groups in total. The zero-order chi connectivity index (χ0) is 22.4. The summed E-state index contributed by atoms with van der Waals surface area (Å²) in [6.07, 6.45) is 1.12. The molecule has 9 heteroatoms. The first kappa shape index (κ1) is 22.2. The molecule has 0 bridgehead atoms. The zero-order valence-corrected chi connectivity index (χ0v) is 18.3. The second-order valence-corrected chi connectivity index (χ2v) is 7.11. The van der Waals surface area contributed by atoms with Crippen LogP contribution in [0.1, 0.15) is 18.1 Å². The van der Waals surface area contributed by atoms with Crippen LogP contribution >= 0.6 is 11.6 Å². The van der Waals surface area contributed by atoms with Crippen molar-refractivity contribution in [3.8, 4) is 17.0 Å². The van der Waals surface area contributed by atoms with Crippen LogP contribution in [0.2, 0.25) is 5.02 Å². The highest BCUT2D eigenvalue weighted by molar-refractivity contribution is 6.30. The Morgan fingerprint density at radius 1 is 1.29 bits per heavy atom. The molecule has 3 aromatic rings. The van der Waals surface area contributed by atoms with Gasteiger partial charge >= 0.3 is 6.09 Å². The van der Waals surface area contributed by atoms with E-state index >= 15 is 0 Å². The van der Waals surface area contributed by atoms with Gasteiger partial charge in [-0.05, 0) is 36.8 Å². The summed E-state index contributed by atoms with van der Waals surface area (Å²) >= 11 is 6.02. The van der Waals surface area contributed by atoms with Crippen LogP contribution in [0.15, 0.2) is 47.5 Å². The summed E-state index contributed by atoms with van der Waals surface area (Å²) < 4.78 is 12.2. The molecule has 0 saturated heterocycles. The first-order chi connectivity index (χ1) is 14.9. The zero-order valence-electron chi connectivity index (χ0n) is 17.6. The fraction of sp³-hybridized carbons (Fsp3) is 0.227. The van der Waals surface area contributed by atoms with E-state index in [0.717, 1.165) is 16.7 Å². The van der Waals surface area contributed by atoms with E-state index in [1.807, 2.05) is 25.1 Å². The van der Waals surface area contributed by atoms with E-state index in [0.29, 0.717) is 34.5 Å². The highest BCUT2D eigenvalue weighted by Gasteiger charge is 2.14. The Morgan fingerprint density at radius 3 is 2.81 bits per heavy atom. The molecule has 1 heterocycles. The summed E-state index contributed by atoms with van der Waals surface area (Å²) in [4.78, 5) is 16.5. The highest BCUT2D eigenvalue weighted by Crippen LogP contribution is 2.32. The number of hydrogen-bond acceptors (Lipinski definition) is 6. The molecule has 0 aliphatic rings. The van der Waals surface area contributed by atoms with Crippen LogP contribution in [0.5, 0.6) is 5.75 Å². The summed E-state index contributed by atoms with van der Waals surface area (Å²) in [5.41, 5.74) is 9.59. The number of halogens is 1. The molecule has 162 valence electrons. The van der Waals surface area contributed by atoms with Gasteiger partial charge in [0.15, 0.2) is 0 Å². The number of nitrogens with one attached hydrogen (secondary N) is 1. The van der Waals surface area contributed by atoms with Gasteiger partial charge in [0.1, 0.15) is 18.2 Å². The lowest BCUT2D eigenvalue weighted by molar-refractivity contribution is 0.155. The van der Waals surface area contributed by atoms with E-state index in [9.17, 15) is 4.79 Å². The van der Waals surface area contributed by atoms with E-state index in [2.05, 4.69) is 15.4 Å². The smallest absolute Gasteiger partial charge is 0.413 e. The molecular formula is C22H24ClN5O3. The third-order valence-corrected chi connectivity index (χ3v) is 4.72. The summed E-state index contributed by atoms with van der Waals surface area (Å²) in [5, 5.41) is 7.68. The number of hydrogen-bond donors (Lipinski definition) is 2. The Bertz CT molecular complexity index is 1110. The maximum Gasteiger partial charge on any atom is 0.413 e. The number of anilines is 2. The highest BCUT2D eigenvalue weighted by atomic mass is 35.5. The van der Waals surface area contributed by atoms with E-state index in [4.69, 9.17) is 26.8 Å². The van der Waals surface area contributed by atoms with E-state index < -0.39 is 6.09 Å². The fourth-order valence-corrected chi connectivity index (χ4v) is 3.07. The van der Waals surface area contributed by atoms with Gasteiger partial charge in [-0.3, -0.25) is 15.0 Å². The number of methoxy groups -OCH3 is 1. The molecule has 0 saturated carbocycles. The number of nitrogens with two attached hydrogens (primary N) is 1. The van der Waals surface area contributed by atoms with Gasteiger partial charge in [-0.1, -0.05) is 23.7 Å². The monoisotopic (exact) mass is 441 g/mol. The van der Waals surface area contributed by atoms with Gasteiger partial charge in [0.25, 0.3) is 0 Å². The molecule has 0 atom stereocenters. The number of nitrogen functional groups attached to an aromatic ring is 1. The standard InChI is InChI=1S/C22H24ClN5O3/c1-4-25-12-15-6-5-14(9-18(15)24)13-31-22(29)26-21-11-19(27-28(21)2)17-8-7-16(23)10-20(17)30-3/h5-12H,4,13,24H2,1-3H3,(H,26,29). The lowest BCUT2D eigenvalue weighted by Crippen LogP contribution is -2.15. The van der Waals surface area contributed by atoms with Crippen LogP contribution in [0.4, 0.5) is 16.3 Å². The van der Waals surface area contributed by atoms with Crippen molar-refractivity contribution in [1.29, 1.82) is 0 Å². The van der Waals surface area contributed by atoms with Crippen LogP contribution < -0.4 is 15.8 Å². The quantitative estimate of drug-likeness (QED) is 0.414. The summed E-state index contributed by atoms with van der Waals surface area (Å²) in [6.45, 7) is 2.71. The molecular weight excluding hydrogens is 418 g/mol. The Balaban J connectivity index is 1.65. The van der Waals surface area contributed by atoms with E-state index in [1.165, 1.54) is 0 Å². The molecule has 0 unspecified atom stereocenters. The van der Waals surface area contributed by atoms with Crippen LogP contribution in [0, 0.1) is 0 Å². The van der Waals surface area contributed by atoms with Gasteiger partial charge in [0.2, 0.25) is 0 Å². The number of rotatable bonds is 7. The first-order valence-electron chi connectivity index (χ1n) is 9.61. The normalized spacial score (nSPS) is 11.0. The summed E-state index contributed by atoms with van der Waals surface area (Å²) in [7, 11) is 3.28. The Morgan fingerprint density at radius 2 is 2.10 bits per heavy atom. The molecule has 3 rings (SSSR count). The first-order valence-corrected chi connectivity index (χ1v) is 9.99. The second-order valence-electron chi connectivity index (χ2n) is 6.68. The summed E-state index contributed by atoms with van der Waals surface area (Å²) in [6, 6.07) is 12.4. The molecule has 1 amide bonds. The Kier molecular flexibility index (Phi) is 7.15. The van der Waals surface area contributed by atoms with Gasteiger partial charge < -0.3 is 15.2 Å². The number of aromatic nitrogens is 2. The number of aliphatic imine (C=N–C) groups is 1. The number of carbonyl (C=O) groups excluding carboxylic acids is 1. The maximum atomic E-state index is 12.3. The largest absolute Gasteiger partial charge is 0.496 e. The molecule has 31 heavy (non-hydrogen) atoms. The fourth-order valence-electron chi connectivity index (χ4n) is 2.90. The average Bonchev–Trinajstić information content (AvgIpc) is 3.11. The van der Waals surface area contributed by atoms with E-state index in [-0.39, 0.29) is 6.61 Å². The molecule has 8 nitrogen and oxygen atoms in total. The van der Waals surface area contributed by atoms with Crippen molar-refractivity contribution >= 4 is 35.4 Å². The minimum Gasteiger partial charge on any atom is -0.496 e. The van der Waals surface area contributed by atoms with Crippen LogP contribution in [0.3, 0.4) is 0 Å². The maximum absolute atomic E-state index is 12.3. The van der Waals surface area contributed by atoms with Crippen molar-refractivity contribution in [2.75, 3.05) is 24.7 Å². The number of amides is 1. The van der Waals surface area contributed by atoms with E-state index in [1.54, 1.807) is 49.3 Å². The van der Waals surface area contributed by atoms with Crippen molar-refractivity contribution in [3.05, 3.63) is 58.6 Å². The van der Waals surface area contributed by atoms with Crippen molar-refractivity contribution in [2.24, 2.45) is 12.0 Å². The minimum absolute atomic E-state index is 0.0803. The SMILES string of the molecule is CCN=Cc1ccc(COC(=O)Nc2cc(-c3ccc(Cl)cc3OC)nn2C)cc1N. The van der Waals surface area contributed by atoms with Crippen molar-refractivity contribution in [1.82, 2.24) is 9.78 Å². The predicted molar refractivity (Wildman–Crippen MR) is 123 cm³/mol. The van der Waals surface area contributed by atoms with Gasteiger partial charge in [0, 0.05) is 47.7 Å².